The van der Waals surface area contributed by atoms with Crippen LogP contribution in [0.2, 0.25) is 0 Å². The Bertz CT molecular complexity index is 965. The summed E-state index contributed by atoms with van der Waals surface area (Å²) in [5, 5.41) is 0.807. The number of aromatic amines is 1. The number of benzene rings is 1. The number of aromatic nitrogens is 3. The maximum atomic E-state index is 13.4. The van der Waals surface area contributed by atoms with Gasteiger partial charge in [-0.2, -0.15) is 0 Å². The number of rotatable bonds is 2. The second-order valence-corrected chi connectivity index (χ2v) is 6.51. The molecular formula is C19H19FN4O2. The van der Waals surface area contributed by atoms with Crippen LogP contribution in [0.25, 0.3) is 10.9 Å². The van der Waals surface area contributed by atoms with Gasteiger partial charge in [-0.15, -0.1) is 0 Å². The van der Waals surface area contributed by atoms with Crippen LogP contribution in [0.1, 0.15) is 33.8 Å². The van der Waals surface area contributed by atoms with Crippen LogP contribution in [-0.4, -0.2) is 45.5 Å². The number of ether oxygens (including phenoxy) is 1. The lowest BCUT2D eigenvalue weighted by atomic mass is 10.1. The van der Waals surface area contributed by atoms with Crippen molar-refractivity contribution in [3.8, 4) is 0 Å². The standard InChI is InChI=1S/C19H19FN4O2/c1-11-7-16(22-12(2)21-11)18-10-24(5-6-26-18)19(25)17-8-13-3-4-14(20)9-15(13)23-17/h3-4,7-9,18,23H,5-6,10H2,1-2H3/t18-/m0/s1. The van der Waals surface area contributed by atoms with Crippen molar-refractivity contribution in [2.24, 2.45) is 0 Å². The molecule has 134 valence electrons. The molecule has 0 spiro atoms. The molecule has 1 aliphatic rings. The molecule has 6 nitrogen and oxygen atoms in total. The zero-order valence-electron chi connectivity index (χ0n) is 14.6. The van der Waals surface area contributed by atoms with Crippen molar-refractivity contribution in [1.29, 1.82) is 0 Å². The minimum absolute atomic E-state index is 0.127. The van der Waals surface area contributed by atoms with E-state index in [1.165, 1.54) is 12.1 Å². The lowest BCUT2D eigenvalue weighted by Crippen LogP contribution is -2.42. The number of morpholine rings is 1. The summed E-state index contributed by atoms with van der Waals surface area (Å²) in [6.45, 7) is 5.10. The molecule has 1 amide bonds. The normalized spacial score (nSPS) is 17.7. The predicted octanol–water partition coefficient (Wildman–Crippen LogP) is 2.93. The molecular weight excluding hydrogens is 335 g/mol. The first-order chi connectivity index (χ1) is 12.5. The fourth-order valence-corrected chi connectivity index (χ4v) is 3.31. The van der Waals surface area contributed by atoms with Crippen LogP contribution in [0.15, 0.2) is 30.3 Å². The van der Waals surface area contributed by atoms with E-state index in [2.05, 4.69) is 15.0 Å². The molecule has 0 radical (unpaired) electrons. The van der Waals surface area contributed by atoms with Gasteiger partial charge in [-0.05, 0) is 44.2 Å². The van der Waals surface area contributed by atoms with Crippen molar-refractivity contribution in [3.63, 3.8) is 0 Å². The average Bonchev–Trinajstić information content (AvgIpc) is 3.03. The summed E-state index contributed by atoms with van der Waals surface area (Å²) in [6, 6.07) is 8.07. The highest BCUT2D eigenvalue weighted by atomic mass is 19.1. The second-order valence-electron chi connectivity index (χ2n) is 6.51. The Kier molecular flexibility index (Phi) is 4.16. The Morgan fingerprint density at radius 2 is 2.12 bits per heavy atom. The second kappa shape index (κ2) is 6.49. The smallest absolute Gasteiger partial charge is 0.270 e. The number of aryl methyl sites for hydroxylation is 2. The molecule has 26 heavy (non-hydrogen) atoms. The summed E-state index contributed by atoms with van der Waals surface area (Å²) in [5.74, 6) is 0.224. The van der Waals surface area contributed by atoms with E-state index in [1.54, 1.807) is 17.0 Å². The highest BCUT2D eigenvalue weighted by Gasteiger charge is 2.28. The number of hydrogen-bond donors (Lipinski definition) is 1. The van der Waals surface area contributed by atoms with Crippen molar-refractivity contribution >= 4 is 16.8 Å². The summed E-state index contributed by atoms with van der Waals surface area (Å²) in [7, 11) is 0. The number of carbonyl (C=O) groups is 1. The lowest BCUT2D eigenvalue weighted by Gasteiger charge is -2.32. The van der Waals surface area contributed by atoms with Crippen LogP contribution in [0.4, 0.5) is 4.39 Å². The number of H-pyrrole nitrogens is 1. The average molecular weight is 354 g/mol. The molecule has 7 heteroatoms. The monoisotopic (exact) mass is 354 g/mol. The van der Waals surface area contributed by atoms with Crippen LogP contribution in [0.5, 0.6) is 0 Å². The van der Waals surface area contributed by atoms with E-state index in [9.17, 15) is 9.18 Å². The third-order valence-electron chi connectivity index (χ3n) is 4.48. The fourth-order valence-electron chi connectivity index (χ4n) is 3.31. The van der Waals surface area contributed by atoms with Crippen LogP contribution in [0, 0.1) is 19.7 Å². The maximum absolute atomic E-state index is 13.4. The minimum Gasteiger partial charge on any atom is -0.368 e. The third kappa shape index (κ3) is 3.17. The highest BCUT2D eigenvalue weighted by molar-refractivity contribution is 5.98. The van der Waals surface area contributed by atoms with Crippen molar-refractivity contribution < 1.29 is 13.9 Å². The van der Waals surface area contributed by atoms with Gasteiger partial charge in [0.2, 0.25) is 0 Å². The zero-order valence-corrected chi connectivity index (χ0v) is 14.6. The molecule has 0 bridgehead atoms. The topological polar surface area (TPSA) is 71.1 Å². The number of nitrogens with one attached hydrogen (secondary N) is 1. The first-order valence-corrected chi connectivity index (χ1v) is 8.51. The third-order valence-corrected chi connectivity index (χ3v) is 4.48. The molecule has 1 saturated heterocycles. The molecule has 3 heterocycles. The van der Waals surface area contributed by atoms with E-state index in [0.717, 1.165) is 16.8 Å². The fraction of sp³-hybridized carbons (Fsp3) is 0.316. The molecule has 1 aliphatic heterocycles. The largest absolute Gasteiger partial charge is 0.368 e. The first kappa shape index (κ1) is 16.7. The quantitative estimate of drug-likeness (QED) is 0.768. The number of amides is 1. The van der Waals surface area contributed by atoms with E-state index < -0.39 is 0 Å². The van der Waals surface area contributed by atoms with Gasteiger partial charge in [-0.1, -0.05) is 0 Å². The summed E-state index contributed by atoms with van der Waals surface area (Å²) in [5.41, 5.74) is 2.71. The van der Waals surface area contributed by atoms with E-state index >= 15 is 0 Å². The number of carbonyl (C=O) groups excluding carboxylic acids is 1. The number of halogens is 1. The van der Waals surface area contributed by atoms with Crippen molar-refractivity contribution in [2.75, 3.05) is 19.7 Å². The van der Waals surface area contributed by atoms with Crippen LogP contribution in [-0.2, 0) is 4.74 Å². The Morgan fingerprint density at radius 1 is 1.27 bits per heavy atom. The van der Waals surface area contributed by atoms with Crippen molar-refractivity contribution in [1.82, 2.24) is 19.9 Å². The minimum atomic E-state index is -0.334. The van der Waals surface area contributed by atoms with Gasteiger partial charge >= 0.3 is 0 Å². The van der Waals surface area contributed by atoms with Gasteiger partial charge in [-0.25, -0.2) is 14.4 Å². The SMILES string of the molecule is Cc1cc([C@@H]2CN(C(=O)c3cc4ccc(F)cc4[nH]3)CCO2)nc(C)n1. The van der Waals surface area contributed by atoms with Crippen molar-refractivity contribution in [2.45, 2.75) is 20.0 Å². The summed E-state index contributed by atoms with van der Waals surface area (Å²) in [6.07, 6.45) is -0.282. The van der Waals surface area contributed by atoms with Gasteiger partial charge < -0.3 is 14.6 Å². The molecule has 1 aromatic carbocycles. The van der Waals surface area contributed by atoms with E-state index in [0.29, 0.717) is 36.7 Å². The number of hydrogen-bond acceptors (Lipinski definition) is 4. The Hall–Kier alpha value is -2.80. The molecule has 0 aliphatic carbocycles. The van der Waals surface area contributed by atoms with Gasteiger partial charge in [0, 0.05) is 23.1 Å². The van der Waals surface area contributed by atoms with Crippen LogP contribution in [0.3, 0.4) is 0 Å². The van der Waals surface area contributed by atoms with Crippen molar-refractivity contribution in [3.05, 3.63) is 59.1 Å². The Morgan fingerprint density at radius 3 is 2.92 bits per heavy atom. The van der Waals surface area contributed by atoms with E-state index in [4.69, 9.17) is 4.74 Å². The first-order valence-electron chi connectivity index (χ1n) is 8.51. The number of nitrogens with zero attached hydrogens (tertiary/aromatic N) is 3. The summed E-state index contributed by atoms with van der Waals surface area (Å²) < 4.78 is 19.2. The Labute approximate surface area is 150 Å². The summed E-state index contributed by atoms with van der Waals surface area (Å²) in [4.78, 5) is 26.3. The van der Waals surface area contributed by atoms with Gasteiger partial charge in [0.05, 0.1) is 18.8 Å². The highest BCUT2D eigenvalue weighted by Crippen LogP contribution is 2.24. The summed E-state index contributed by atoms with van der Waals surface area (Å²) >= 11 is 0. The molecule has 2 aromatic heterocycles. The van der Waals surface area contributed by atoms with Gasteiger partial charge in [-0.3, -0.25) is 4.79 Å². The Balaban J connectivity index is 1.57. The molecule has 4 rings (SSSR count). The van der Waals surface area contributed by atoms with E-state index in [1.807, 2.05) is 19.9 Å². The predicted molar refractivity (Wildman–Crippen MR) is 94.4 cm³/mol. The zero-order chi connectivity index (χ0) is 18.3. The van der Waals surface area contributed by atoms with Crippen LogP contribution < -0.4 is 0 Å². The molecule has 1 fully saturated rings. The van der Waals surface area contributed by atoms with Gasteiger partial charge in [0.25, 0.3) is 5.91 Å². The van der Waals surface area contributed by atoms with E-state index in [-0.39, 0.29) is 17.8 Å². The number of fused-ring (bicyclic) bond motifs is 1. The molecule has 0 saturated carbocycles. The molecule has 0 unspecified atom stereocenters. The van der Waals surface area contributed by atoms with Gasteiger partial charge in [0.1, 0.15) is 23.4 Å². The van der Waals surface area contributed by atoms with Gasteiger partial charge in [0.15, 0.2) is 0 Å². The maximum Gasteiger partial charge on any atom is 0.270 e. The molecule has 3 aromatic rings. The van der Waals surface area contributed by atoms with Crippen LogP contribution >= 0.6 is 0 Å². The lowest BCUT2D eigenvalue weighted by molar-refractivity contribution is -0.0250. The molecule has 1 atom stereocenters. The molecule has 1 N–H and O–H groups in total.